The molecule has 0 heterocycles. The molecule has 0 spiro atoms. The Labute approximate surface area is 113 Å². The van der Waals surface area contributed by atoms with Crippen LogP contribution in [-0.4, -0.2) is 10.5 Å². The summed E-state index contributed by atoms with van der Waals surface area (Å²) in [4.78, 5) is 0. The van der Waals surface area contributed by atoms with Crippen LogP contribution in [0.5, 0.6) is 0 Å². The number of rotatable bonds is 2. The van der Waals surface area contributed by atoms with Gasteiger partial charge in [0.15, 0.2) is 0 Å². The van der Waals surface area contributed by atoms with Gasteiger partial charge in [-0.25, -0.2) is 0 Å². The van der Waals surface area contributed by atoms with Gasteiger partial charge >= 0.3 is 0 Å². The van der Waals surface area contributed by atoms with Gasteiger partial charge in [0.05, 0.1) is 0 Å². The first-order valence-corrected chi connectivity index (χ1v) is 8.83. The van der Waals surface area contributed by atoms with Gasteiger partial charge in [0, 0.05) is 10.5 Å². The molecule has 0 nitrogen and oxygen atoms in total. The van der Waals surface area contributed by atoms with Crippen molar-refractivity contribution >= 4 is 11.8 Å². The van der Waals surface area contributed by atoms with Gasteiger partial charge < -0.3 is 0 Å². The second kappa shape index (κ2) is 8.45. The first-order valence-electron chi connectivity index (χ1n) is 7.89. The van der Waals surface area contributed by atoms with E-state index in [1.165, 1.54) is 51.4 Å². The van der Waals surface area contributed by atoms with Gasteiger partial charge in [-0.05, 0) is 63.2 Å². The highest BCUT2D eigenvalue weighted by molar-refractivity contribution is 8.00. The van der Waals surface area contributed by atoms with Gasteiger partial charge in [0.25, 0.3) is 0 Å². The maximum Gasteiger partial charge on any atom is 0.00500 e. The standard InChI is InChI=1S/C14H26S.C2H6/c1-11-3-7-13(8-4-11)15-14-9-5-12(2)6-10-14;1-2/h11-14H,3-10H2,1-2H3;1-2H3. The normalized spacial score (nSPS) is 38.1. The molecule has 2 rings (SSSR count). The maximum absolute atomic E-state index is 2.42. The third-order valence-electron chi connectivity index (χ3n) is 4.31. The van der Waals surface area contributed by atoms with Crippen molar-refractivity contribution in [3.63, 3.8) is 0 Å². The molecule has 17 heavy (non-hydrogen) atoms. The highest BCUT2D eigenvalue weighted by Crippen LogP contribution is 2.39. The molecule has 0 aromatic carbocycles. The predicted octanol–water partition coefficient (Wildman–Crippen LogP) is 5.90. The number of hydrogen-bond donors (Lipinski definition) is 0. The third-order valence-corrected chi connectivity index (χ3v) is 6.02. The minimum atomic E-state index is 1.01. The van der Waals surface area contributed by atoms with E-state index in [0.717, 1.165) is 22.3 Å². The van der Waals surface area contributed by atoms with E-state index >= 15 is 0 Å². The average molecular weight is 256 g/mol. The zero-order valence-corrected chi connectivity index (χ0v) is 13.2. The molecular weight excluding hydrogens is 224 g/mol. The summed E-state index contributed by atoms with van der Waals surface area (Å²) in [6, 6.07) is 0. The van der Waals surface area contributed by atoms with Crippen molar-refractivity contribution in [1.82, 2.24) is 0 Å². The van der Waals surface area contributed by atoms with E-state index in [-0.39, 0.29) is 0 Å². The second-order valence-electron chi connectivity index (χ2n) is 5.90. The van der Waals surface area contributed by atoms with Crippen molar-refractivity contribution in [2.24, 2.45) is 11.8 Å². The van der Waals surface area contributed by atoms with Crippen molar-refractivity contribution in [2.75, 3.05) is 0 Å². The summed E-state index contributed by atoms with van der Waals surface area (Å²) in [5, 5.41) is 2.03. The van der Waals surface area contributed by atoms with Gasteiger partial charge in [-0.3, -0.25) is 0 Å². The second-order valence-corrected chi connectivity index (χ2v) is 7.51. The maximum atomic E-state index is 2.42. The Morgan fingerprint density at radius 1 is 0.588 bits per heavy atom. The van der Waals surface area contributed by atoms with Crippen molar-refractivity contribution < 1.29 is 0 Å². The van der Waals surface area contributed by atoms with Crippen LogP contribution in [-0.2, 0) is 0 Å². The summed E-state index contributed by atoms with van der Waals surface area (Å²) >= 11 is 2.35. The minimum Gasteiger partial charge on any atom is -0.155 e. The molecule has 0 N–H and O–H groups in total. The molecule has 102 valence electrons. The SMILES string of the molecule is CC.CC1CCC(SC2CCC(C)CC2)CC1. The summed E-state index contributed by atoms with van der Waals surface area (Å²) in [5.74, 6) is 2.02. The van der Waals surface area contributed by atoms with Crippen molar-refractivity contribution in [2.45, 2.75) is 89.6 Å². The molecule has 0 radical (unpaired) electrons. The molecule has 2 saturated carbocycles. The lowest BCUT2D eigenvalue weighted by molar-refractivity contribution is 0.380. The van der Waals surface area contributed by atoms with Crippen LogP contribution in [0.2, 0.25) is 0 Å². The van der Waals surface area contributed by atoms with Crippen molar-refractivity contribution in [3.8, 4) is 0 Å². The molecule has 2 fully saturated rings. The van der Waals surface area contributed by atoms with Crippen LogP contribution in [0.4, 0.5) is 0 Å². The van der Waals surface area contributed by atoms with Gasteiger partial charge in [-0.15, -0.1) is 0 Å². The van der Waals surface area contributed by atoms with Crippen LogP contribution >= 0.6 is 11.8 Å². The fourth-order valence-corrected chi connectivity index (χ4v) is 4.64. The first-order chi connectivity index (χ1) is 8.24. The Morgan fingerprint density at radius 2 is 0.882 bits per heavy atom. The van der Waals surface area contributed by atoms with E-state index in [2.05, 4.69) is 25.6 Å². The Morgan fingerprint density at radius 3 is 1.18 bits per heavy atom. The topological polar surface area (TPSA) is 0 Å². The van der Waals surface area contributed by atoms with Crippen LogP contribution < -0.4 is 0 Å². The van der Waals surface area contributed by atoms with Crippen molar-refractivity contribution in [1.29, 1.82) is 0 Å². The van der Waals surface area contributed by atoms with E-state index in [0.29, 0.717) is 0 Å². The molecule has 0 unspecified atom stereocenters. The van der Waals surface area contributed by atoms with Gasteiger partial charge in [-0.2, -0.15) is 11.8 Å². The fourth-order valence-electron chi connectivity index (χ4n) is 3.00. The largest absolute Gasteiger partial charge is 0.155 e. The van der Waals surface area contributed by atoms with Crippen LogP contribution in [0.25, 0.3) is 0 Å². The molecule has 2 aliphatic carbocycles. The third kappa shape index (κ3) is 5.68. The lowest BCUT2D eigenvalue weighted by atomic mass is 9.90. The van der Waals surface area contributed by atoms with Gasteiger partial charge in [-0.1, -0.05) is 27.7 Å². The molecule has 0 bridgehead atoms. The van der Waals surface area contributed by atoms with Crippen LogP contribution in [0.15, 0.2) is 0 Å². The zero-order valence-electron chi connectivity index (χ0n) is 12.4. The highest BCUT2D eigenvalue weighted by Gasteiger charge is 2.24. The fraction of sp³-hybridized carbons (Fsp3) is 1.00. The summed E-state index contributed by atoms with van der Waals surface area (Å²) < 4.78 is 0. The molecule has 0 amide bonds. The molecule has 0 aromatic heterocycles. The van der Waals surface area contributed by atoms with Crippen LogP contribution in [0, 0.1) is 11.8 Å². The van der Waals surface area contributed by atoms with E-state index in [9.17, 15) is 0 Å². The average Bonchev–Trinajstić information content (AvgIpc) is 2.37. The Bertz CT molecular complexity index is 154. The Hall–Kier alpha value is 0.350. The molecule has 0 saturated heterocycles. The molecule has 1 heteroatoms. The van der Waals surface area contributed by atoms with E-state index < -0.39 is 0 Å². The van der Waals surface area contributed by atoms with Crippen molar-refractivity contribution in [3.05, 3.63) is 0 Å². The molecule has 2 aliphatic rings. The number of hydrogen-bond acceptors (Lipinski definition) is 1. The molecular formula is C16H32S. The lowest BCUT2D eigenvalue weighted by Gasteiger charge is -2.32. The highest BCUT2D eigenvalue weighted by atomic mass is 32.2. The Kier molecular flexibility index (Phi) is 7.66. The van der Waals surface area contributed by atoms with Crippen LogP contribution in [0.1, 0.15) is 79.1 Å². The molecule has 0 aromatic rings. The van der Waals surface area contributed by atoms with E-state index in [1.54, 1.807) is 0 Å². The summed E-state index contributed by atoms with van der Waals surface area (Å²) in [7, 11) is 0. The van der Waals surface area contributed by atoms with E-state index in [1.807, 2.05) is 13.8 Å². The Balaban J connectivity index is 0.000000686. The summed E-state index contributed by atoms with van der Waals surface area (Å²) in [6.45, 7) is 8.84. The quantitative estimate of drug-likeness (QED) is 0.592. The first kappa shape index (κ1) is 15.4. The van der Waals surface area contributed by atoms with E-state index in [4.69, 9.17) is 0 Å². The lowest BCUT2D eigenvalue weighted by Crippen LogP contribution is -2.21. The molecule has 0 atom stereocenters. The minimum absolute atomic E-state index is 1.01. The van der Waals surface area contributed by atoms with Gasteiger partial charge in [0.1, 0.15) is 0 Å². The number of thioether (sulfide) groups is 1. The zero-order chi connectivity index (χ0) is 12.7. The van der Waals surface area contributed by atoms with Gasteiger partial charge in [0.2, 0.25) is 0 Å². The monoisotopic (exact) mass is 256 g/mol. The van der Waals surface area contributed by atoms with Crippen LogP contribution in [0.3, 0.4) is 0 Å². The smallest absolute Gasteiger partial charge is 0.00500 e. The predicted molar refractivity (Wildman–Crippen MR) is 81.8 cm³/mol. The molecule has 0 aliphatic heterocycles. The summed E-state index contributed by atoms with van der Waals surface area (Å²) in [5.41, 5.74) is 0. The summed E-state index contributed by atoms with van der Waals surface area (Å²) in [6.07, 6.45) is 11.9.